The van der Waals surface area contributed by atoms with Gasteiger partial charge in [0.2, 0.25) is 0 Å². The van der Waals surface area contributed by atoms with Crippen LogP contribution in [0.1, 0.15) is 70.6 Å². The first-order valence-corrected chi connectivity index (χ1v) is 8.85. The molecule has 0 amide bonds. The summed E-state index contributed by atoms with van der Waals surface area (Å²) in [6.45, 7) is 1.77. The van der Waals surface area contributed by atoms with E-state index in [4.69, 9.17) is 9.47 Å². The van der Waals surface area contributed by atoms with Crippen molar-refractivity contribution in [3.8, 4) is 0 Å². The molecule has 0 radical (unpaired) electrons. The van der Waals surface area contributed by atoms with E-state index in [0.29, 0.717) is 0 Å². The predicted octanol–water partition coefficient (Wildman–Crippen LogP) is 5.05. The van der Waals surface area contributed by atoms with Gasteiger partial charge in [-0.1, -0.05) is 54.5 Å². The monoisotopic (exact) mass is 320 g/mol. The Morgan fingerprint density at radius 1 is 0.889 bits per heavy atom. The van der Waals surface area contributed by atoms with Gasteiger partial charge >= 0.3 is 0 Å². The molecule has 2 nitrogen and oxygen atoms in total. The fourth-order valence-electron chi connectivity index (χ4n) is 2.31. The molecule has 0 aromatic rings. The molecule has 1 atom stereocenters. The maximum Gasteiger partial charge on any atom is 0.157 e. The van der Waals surface area contributed by atoms with Crippen LogP contribution in [0.5, 0.6) is 0 Å². The van der Waals surface area contributed by atoms with Crippen LogP contribution in [0.4, 0.5) is 0 Å². The van der Waals surface area contributed by atoms with Gasteiger partial charge in [0.15, 0.2) is 6.29 Å². The Kier molecular flexibility index (Phi) is 11.4. The average molecular weight is 321 g/mol. The van der Waals surface area contributed by atoms with Gasteiger partial charge in [0.25, 0.3) is 0 Å². The quantitative estimate of drug-likeness (QED) is 0.392. The molecule has 1 aliphatic heterocycles. The Morgan fingerprint density at radius 3 is 2.17 bits per heavy atom. The number of unbranched alkanes of at least 4 members (excludes halogenated alkanes) is 7. The highest BCUT2D eigenvalue weighted by molar-refractivity contribution is 9.09. The van der Waals surface area contributed by atoms with Gasteiger partial charge in [0.1, 0.15) is 0 Å². The molecule has 3 heteroatoms. The summed E-state index contributed by atoms with van der Waals surface area (Å²) < 4.78 is 11.2. The van der Waals surface area contributed by atoms with Gasteiger partial charge in [-0.15, -0.1) is 0 Å². The molecule has 0 aliphatic carbocycles. The molecule has 1 fully saturated rings. The molecule has 1 unspecified atom stereocenters. The van der Waals surface area contributed by atoms with E-state index in [1.54, 1.807) is 0 Å². The smallest absolute Gasteiger partial charge is 0.157 e. The highest BCUT2D eigenvalue weighted by Gasteiger charge is 2.13. The van der Waals surface area contributed by atoms with Crippen LogP contribution in [-0.2, 0) is 9.47 Å². The lowest BCUT2D eigenvalue weighted by Crippen LogP contribution is -2.22. The Morgan fingerprint density at radius 2 is 1.56 bits per heavy atom. The van der Waals surface area contributed by atoms with Crippen molar-refractivity contribution in [1.82, 2.24) is 0 Å². The van der Waals surface area contributed by atoms with Crippen LogP contribution in [0.2, 0.25) is 0 Å². The second-order valence-electron chi connectivity index (χ2n) is 5.18. The van der Waals surface area contributed by atoms with Crippen LogP contribution in [0, 0.1) is 0 Å². The summed E-state index contributed by atoms with van der Waals surface area (Å²) in [4.78, 5) is 0. The molecule has 0 N–H and O–H groups in total. The normalized spacial score (nSPS) is 20.2. The van der Waals surface area contributed by atoms with Gasteiger partial charge in [-0.05, 0) is 32.1 Å². The van der Waals surface area contributed by atoms with Gasteiger partial charge in [-0.2, -0.15) is 0 Å². The molecular formula is C15H29BrO2. The summed E-state index contributed by atoms with van der Waals surface area (Å²) in [5.74, 6) is 0. The molecule has 1 saturated heterocycles. The molecule has 18 heavy (non-hydrogen) atoms. The van der Waals surface area contributed by atoms with E-state index in [9.17, 15) is 0 Å². The van der Waals surface area contributed by atoms with Crippen molar-refractivity contribution < 1.29 is 9.47 Å². The second kappa shape index (κ2) is 12.4. The van der Waals surface area contributed by atoms with Crippen molar-refractivity contribution in [2.45, 2.75) is 76.9 Å². The average Bonchev–Trinajstić information content (AvgIpc) is 2.42. The maximum atomic E-state index is 5.72. The Labute approximate surface area is 121 Å². The third kappa shape index (κ3) is 9.35. The number of rotatable bonds is 11. The molecular weight excluding hydrogens is 292 g/mol. The molecule has 1 aliphatic rings. The van der Waals surface area contributed by atoms with Crippen LogP contribution < -0.4 is 0 Å². The highest BCUT2D eigenvalue weighted by atomic mass is 79.9. The number of halogens is 1. The number of hydrogen-bond acceptors (Lipinski definition) is 2. The summed E-state index contributed by atoms with van der Waals surface area (Å²) in [5.41, 5.74) is 0. The van der Waals surface area contributed by atoms with Crippen LogP contribution >= 0.6 is 15.9 Å². The van der Waals surface area contributed by atoms with E-state index in [0.717, 1.165) is 25.0 Å². The number of alkyl halides is 1. The first-order valence-electron chi connectivity index (χ1n) is 7.72. The standard InChI is InChI=1S/C15H29BrO2/c16-12-8-5-3-1-2-4-6-9-13-17-15-11-7-10-14-18-15/h15H,1-14H2. The van der Waals surface area contributed by atoms with Gasteiger partial charge < -0.3 is 9.47 Å². The molecule has 0 aromatic heterocycles. The minimum Gasteiger partial charge on any atom is -0.353 e. The lowest BCUT2D eigenvalue weighted by molar-refractivity contribution is -0.162. The number of ether oxygens (including phenoxy) is 2. The van der Waals surface area contributed by atoms with Crippen LogP contribution in [0.15, 0.2) is 0 Å². The van der Waals surface area contributed by atoms with Crippen LogP contribution in [-0.4, -0.2) is 24.8 Å². The molecule has 0 spiro atoms. The van der Waals surface area contributed by atoms with Crippen LogP contribution in [0.3, 0.4) is 0 Å². The predicted molar refractivity (Wildman–Crippen MR) is 80.3 cm³/mol. The van der Waals surface area contributed by atoms with E-state index in [1.165, 1.54) is 64.2 Å². The minimum atomic E-state index is 0.100. The second-order valence-corrected chi connectivity index (χ2v) is 5.98. The maximum absolute atomic E-state index is 5.72. The molecule has 0 bridgehead atoms. The zero-order valence-electron chi connectivity index (χ0n) is 11.7. The molecule has 0 saturated carbocycles. The summed E-state index contributed by atoms with van der Waals surface area (Å²) in [5, 5.41) is 1.16. The molecule has 1 heterocycles. The zero-order chi connectivity index (χ0) is 12.9. The third-order valence-electron chi connectivity index (χ3n) is 3.47. The van der Waals surface area contributed by atoms with E-state index in [1.807, 2.05) is 0 Å². The van der Waals surface area contributed by atoms with Gasteiger partial charge in [-0.3, -0.25) is 0 Å². The summed E-state index contributed by atoms with van der Waals surface area (Å²) in [6, 6.07) is 0. The lowest BCUT2D eigenvalue weighted by atomic mass is 10.1. The van der Waals surface area contributed by atoms with E-state index >= 15 is 0 Å². The fraction of sp³-hybridized carbons (Fsp3) is 1.00. The van der Waals surface area contributed by atoms with Gasteiger partial charge in [-0.25, -0.2) is 0 Å². The Hall–Kier alpha value is 0.400. The third-order valence-corrected chi connectivity index (χ3v) is 4.03. The van der Waals surface area contributed by atoms with E-state index in [-0.39, 0.29) is 6.29 Å². The first kappa shape index (κ1) is 16.5. The minimum absolute atomic E-state index is 0.100. The van der Waals surface area contributed by atoms with Crippen molar-refractivity contribution >= 4 is 15.9 Å². The van der Waals surface area contributed by atoms with Gasteiger partial charge in [0, 0.05) is 18.5 Å². The fourth-order valence-corrected chi connectivity index (χ4v) is 2.71. The summed E-state index contributed by atoms with van der Waals surface area (Å²) in [7, 11) is 0. The lowest BCUT2D eigenvalue weighted by Gasteiger charge is -2.22. The zero-order valence-corrected chi connectivity index (χ0v) is 13.3. The Bertz CT molecular complexity index is 170. The first-order chi connectivity index (χ1) is 8.93. The van der Waals surface area contributed by atoms with E-state index < -0.39 is 0 Å². The van der Waals surface area contributed by atoms with Crippen molar-refractivity contribution in [2.24, 2.45) is 0 Å². The van der Waals surface area contributed by atoms with Crippen molar-refractivity contribution in [1.29, 1.82) is 0 Å². The topological polar surface area (TPSA) is 18.5 Å². The molecule has 1 rings (SSSR count). The largest absolute Gasteiger partial charge is 0.353 e. The Balaban J connectivity index is 1.73. The summed E-state index contributed by atoms with van der Waals surface area (Å²) >= 11 is 3.47. The SMILES string of the molecule is BrCCCCCCCCCCOC1CCCCO1. The van der Waals surface area contributed by atoms with Crippen molar-refractivity contribution in [2.75, 3.05) is 18.5 Å². The molecule has 108 valence electrons. The van der Waals surface area contributed by atoms with Gasteiger partial charge in [0.05, 0.1) is 0 Å². The van der Waals surface area contributed by atoms with Crippen LogP contribution in [0.25, 0.3) is 0 Å². The summed E-state index contributed by atoms with van der Waals surface area (Å²) in [6.07, 6.45) is 14.4. The van der Waals surface area contributed by atoms with E-state index in [2.05, 4.69) is 15.9 Å². The highest BCUT2D eigenvalue weighted by Crippen LogP contribution is 2.14. The number of hydrogen-bond donors (Lipinski definition) is 0. The molecule has 0 aromatic carbocycles. The van der Waals surface area contributed by atoms with Crippen molar-refractivity contribution in [3.63, 3.8) is 0 Å². The van der Waals surface area contributed by atoms with Crippen molar-refractivity contribution in [3.05, 3.63) is 0 Å².